The Morgan fingerprint density at radius 1 is 1.15 bits per heavy atom. The van der Waals surface area contributed by atoms with Crippen LogP contribution in [0.2, 0.25) is 0 Å². The summed E-state index contributed by atoms with van der Waals surface area (Å²) in [5.74, 6) is 0.170. The maximum Gasteiger partial charge on any atom is 0.287 e. The molecule has 0 unspecified atom stereocenters. The topological polar surface area (TPSA) is 104 Å². The van der Waals surface area contributed by atoms with Gasteiger partial charge in [0, 0.05) is 16.4 Å². The number of carbonyl (C=O) groups is 2. The second-order valence-electron chi connectivity index (χ2n) is 5.72. The number of benzene rings is 2. The zero-order valence-corrected chi connectivity index (χ0v) is 16.0. The van der Waals surface area contributed by atoms with Gasteiger partial charge in [-0.3, -0.25) is 9.59 Å². The molecular weight excluding hydrogens is 416 g/mol. The molecule has 2 aromatic carbocycles. The number of halogens is 1. The zero-order valence-electron chi connectivity index (χ0n) is 14.5. The van der Waals surface area contributed by atoms with Gasteiger partial charge in [-0.2, -0.15) is 0 Å². The summed E-state index contributed by atoms with van der Waals surface area (Å²) < 4.78 is 17.0. The molecule has 0 saturated heterocycles. The lowest BCUT2D eigenvalue weighted by Gasteiger charge is -2.11. The molecular formula is C19H17BrN2O5. The van der Waals surface area contributed by atoms with Crippen LogP contribution in [0, 0.1) is 0 Å². The molecule has 0 radical (unpaired) electrons. The standard InChI is InChI=1S/C19H17BrN2O5/c1-25-16-6-11(2-4-15(16)26-10-18(21)23)9-22-19(24)17-8-12-7-13(20)3-5-14(12)27-17/h2-8H,9-10H2,1H3,(H2,21,23)(H,22,24). The van der Waals surface area contributed by atoms with Gasteiger partial charge in [0.15, 0.2) is 23.9 Å². The Morgan fingerprint density at radius 3 is 2.70 bits per heavy atom. The van der Waals surface area contributed by atoms with Crippen molar-refractivity contribution in [3.63, 3.8) is 0 Å². The van der Waals surface area contributed by atoms with E-state index in [-0.39, 0.29) is 24.8 Å². The lowest BCUT2D eigenvalue weighted by Crippen LogP contribution is -2.22. The summed E-state index contributed by atoms with van der Waals surface area (Å²) in [6.07, 6.45) is 0. The normalized spacial score (nSPS) is 10.6. The van der Waals surface area contributed by atoms with Crippen molar-refractivity contribution in [3.05, 3.63) is 58.3 Å². The lowest BCUT2D eigenvalue weighted by atomic mass is 10.2. The Kier molecular flexibility index (Phi) is 5.66. The summed E-state index contributed by atoms with van der Waals surface area (Å²) in [6.45, 7) is 0.0284. The molecule has 0 bridgehead atoms. The van der Waals surface area contributed by atoms with E-state index in [9.17, 15) is 9.59 Å². The van der Waals surface area contributed by atoms with E-state index >= 15 is 0 Å². The quantitative estimate of drug-likeness (QED) is 0.596. The van der Waals surface area contributed by atoms with Gasteiger partial charge in [0.05, 0.1) is 7.11 Å². The van der Waals surface area contributed by atoms with Crippen molar-refractivity contribution in [3.8, 4) is 11.5 Å². The first kappa shape index (κ1) is 18.8. The number of methoxy groups -OCH3 is 1. The third-order valence-electron chi connectivity index (χ3n) is 3.75. The van der Waals surface area contributed by atoms with Gasteiger partial charge >= 0.3 is 0 Å². The fraction of sp³-hybridized carbons (Fsp3) is 0.158. The van der Waals surface area contributed by atoms with E-state index in [2.05, 4.69) is 21.2 Å². The molecule has 0 aliphatic heterocycles. The molecule has 0 fully saturated rings. The number of fused-ring (bicyclic) bond motifs is 1. The van der Waals surface area contributed by atoms with E-state index < -0.39 is 5.91 Å². The Labute approximate surface area is 163 Å². The summed E-state index contributed by atoms with van der Waals surface area (Å²) in [5, 5.41) is 3.64. The van der Waals surface area contributed by atoms with E-state index in [1.807, 2.05) is 12.1 Å². The maximum atomic E-state index is 12.3. The zero-order chi connectivity index (χ0) is 19.4. The van der Waals surface area contributed by atoms with Crippen LogP contribution >= 0.6 is 15.9 Å². The number of nitrogens with one attached hydrogen (secondary N) is 1. The SMILES string of the molecule is COc1cc(CNC(=O)c2cc3cc(Br)ccc3o2)ccc1OCC(N)=O. The summed E-state index contributed by atoms with van der Waals surface area (Å²) in [6, 6.07) is 12.3. The predicted molar refractivity (Wildman–Crippen MR) is 103 cm³/mol. The van der Waals surface area contributed by atoms with Crippen molar-refractivity contribution >= 4 is 38.7 Å². The molecule has 0 spiro atoms. The highest BCUT2D eigenvalue weighted by Gasteiger charge is 2.13. The molecule has 27 heavy (non-hydrogen) atoms. The van der Waals surface area contributed by atoms with Gasteiger partial charge in [-0.25, -0.2) is 0 Å². The molecule has 3 aromatic rings. The molecule has 1 aromatic heterocycles. The van der Waals surface area contributed by atoms with Gasteiger partial charge in [-0.15, -0.1) is 0 Å². The minimum absolute atomic E-state index is 0.233. The minimum Gasteiger partial charge on any atom is -0.493 e. The summed E-state index contributed by atoms with van der Waals surface area (Å²) in [5.41, 5.74) is 6.51. The van der Waals surface area contributed by atoms with Gasteiger partial charge in [-0.05, 0) is 42.0 Å². The maximum absolute atomic E-state index is 12.3. The summed E-state index contributed by atoms with van der Waals surface area (Å²) >= 11 is 3.39. The lowest BCUT2D eigenvalue weighted by molar-refractivity contribution is -0.119. The number of carbonyl (C=O) groups excluding carboxylic acids is 2. The second kappa shape index (κ2) is 8.13. The number of furan rings is 1. The molecule has 1 heterocycles. The second-order valence-corrected chi connectivity index (χ2v) is 6.63. The van der Waals surface area contributed by atoms with E-state index in [4.69, 9.17) is 19.6 Å². The van der Waals surface area contributed by atoms with Crippen LogP contribution in [0.5, 0.6) is 11.5 Å². The molecule has 140 valence electrons. The molecule has 3 N–H and O–H groups in total. The minimum atomic E-state index is -0.578. The van der Waals surface area contributed by atoms with Crippen molar-refractivity contribution in [2.75, 3.05) is 13.7 Å². The summed E-state index contributed by atoms with van der Waals surface area (Å²) in [4.78, 5) is 23.2. The Hall–Kier alpha value is -3.00. The van der Waals surface area contributed by atoms with E-state index in [1.54, 1.807) is 30.3 Å². The highest BCUT2D eigenvalue weighted by atomic mass is 79.9. The van der Waals surface area contributed by atoms with Crippen LogP contribution in [-0.4, -0.2) is 25.5 Å². The van der Waals surface area contributed by atoms with Crippen LogP contribution in [0.3, 0.4) is 0 Å². The Balaban J connectivity index is 1.67. The number of hydrogen-bond acceptors (Lipinski definition) is 5. The van der Waals surface area contributed by atoms with Crippen LogP contribution < -0.4 is 20.5 Å². The first-order chi connectivity index (χ1) is 13.0. The molecule has 0 aliphatic rings. The van der Waals surface area contributed by atoms with Crippen LogP contribution in [0.15, 0.2) is 51.4 Å². The number of ether oxygens (including phenoxy) is 2. The number of rotatable bonds is 7. The fourth-order valence-corrected chi connectivity index (χ4v) is 2.86. The average molecular weight is 433 g/mol. The van der Waals surface area contributed by atoms with Crippen molar-refractivity contribution in [1.82, 2.24) is 5.32 Å². The van der Waals surface area contributed by atoms with Crippen LogP contribution in [0.1, 0.15) is 16.1 Å². The van der Waals surface area contributed by atoms with E-state index in [0.717, 1.165) is 15.4 Å². The number of nitrogens with two attached hydrogens (primary N) is 1. The van der Waals surface area contributed by atoms with Crippen molar-refractivity contribution in [2.45, 2.75) is 6.54 Å². The van der Waals surface area contributed by atoms with Gasteiger partial charge in [-0.1, -0.05) is 22.0 Å². The fourth-order valence-electron chi connectivity index (χ4n) is 2.49. The molecule has 0 atom stereocenters. The first-order valence-corrected chi connectivity index (χ1v) is 8.81. The number of primary amides is 1. The Morgan fingerprint density at radius 2 is 1.96 bits per heavy atom. The van der Waals surface area contributed by atoms with Gasteiger partial charge in [0.2, 0.25) is 0 Å². The highest BCUT2D eigenvalue weighted by Crippen LogP contribution is 2.28. The average Bonchev–Trinajstić information content (AvgIpc) is 3.07. The third kappa shape index (κ3) is 4.59. The first-order valence-electron chi connectivity index (χ1n) is 8.01. The van der Waals surface area contributed by atoms with E-state index in [1.165, 1.54) is 7.11 Å². The van der Waals surface area contributed by atoms with Crippen molar-refractivity contribution < 1.29 is 23.5 Å². The van der Waals surface area contributed by atoms with Crippen LogP contribution in [-0.2, 0) is 11.3 Å². The van der Waals surface area contributed by atoms with Crippen molar-refractivity contribution in [2.24, 2.45) is 5.73 Å². The monoisotopic (exact) mass is 432 g/mol. The molecule has 2 amide bonds. The van der Waals surface area contributed by atoms with Crippen LogP contribution in [0.25, 0.3) is 11.0 Å². The van der Waals surface area contributed by atoms with E-state index in [0.29, 0.717) is 17.1 Å². The third-order valence-corrected chi connectivity index (χ3v) is 4.25. The van der Waals surface area contributed by atoms with Crippen molar-refractivity contribution in [1.29, 1.82) is 0 Å². The molecule has 8 heteroatoms. The van der Waals surface area contributed by atoms with Gasteiger partial charge < -0.3 is 24.9 Å². The smallest absolute Gasteiger partial charge is 0.287 e. The molecule has 7 nitrogen and oxygen atoms in total. The molecule has 3 rings (SSSR count). The van der Waals surface area contributed by atoms with Gasteiger partial charge in [0.1, 0.15) is 5.58 Å². The van der Waals surface area contributed by atoms with Gasteiger partial charge in [0.25, 0.3) is 11.8 Å². The summed E-state index contributed by atoms with van der Waals surface area (Å²) in [7, 11) is 1.49. The van der Waals surface area contributed by atoms with Crippen LogP contribution in [0.4, 0.5) is 0 Å². The number of hydrogen-bond donors (Lipinski definition) is 2. The predicted octanol–water partition coefficient (Wildman–Crippen LogP) is 3.00. The highest BCUT2D eigenvalue weighted by molar-refractivity contribution is 9.10. The Bertz CT molecular complexity index is 999. The number of amides is 2. The molecule has 0 aliphatic carbocycles. The molecule has 0 saturated carbocycles. The largest absolute Gasteiger partial charge is 0.493 e.